The maximum absolute atomic E-state index is 13.3. The van der Waals surface area contributed by atoms with Gasteiger partial charge in [-0.1, -0.05) is 12.1 Å². The van der Waals surface area contributed by atoms with Crippen molar-refractivity contribution in [3.63, 3.8) is 0 Å². The number of halogens is 2. The molecule has 0 aliphatic heterocycles. The zero-order chi connectivity index (χ0) is 13.1. The number of nitrogens with zero attached hydrogens (tertiary/aromatic N) is 1. The lowest BCUT2D eigenvalue weighted by Crippen LogP contribution is -1.94. The number of ether oxygens (including phenoxy) is 1. The van der Waals surface area contributed by atoms with Gasteiger partial charge in [-0.2, -0.15) is 0 Å². The first kappa shape index (κ1) is 12.0. The third kappa shape index (κ3) is 2.42. The summed E-state index contributed by atoms with van der Waals surface area (Å²) >= 11 is 0. The Balaban J connectivity index is 2.37. The van der Waals surface area contributed by atoms with Crippen LogP contribution in [0, 0.1) is 21.7 Å². The third-order valence-electron chi connectivity index (χ3n) is 2.18. The molecule has 6 heteroatoms. The largest absolute Gasteiger partial charge is 0.447 e. The van der Waals surface area contributed by atoms with Crippen molar-refractivity contribution >= 4 is 5.69 Å². The molecule has 0 N–H and O–H groups in total. The van der Waals surface area contributed by atoms with Gasteiger partial charge < -0.3 is 4.74 Å². The minimum Gasteiger partial charge on any atom is -0.447 e. The predicted molar refractivity (Wildman–Crippen MR) is 59.5 cm³/mol. The SMILES string of the molecule is O=[N+]([O-])c1ccccc1Oc1ccc(F)cc1F. The lowest BCUT2D eigenvalue weighted by atomic mass is 10.3. The Bertz CT molecular complexity index is 602. The monoisotopic (exact) mass is 251 g/mol. The number of para-hydroxylation sites is 2. The van der Waals surface area contributed by atoms with Crippen LogP contribution >= 0.6 is 0 Å². The van der Waals surface area contributed by atoms with Gasteiger partial charge >= 0.3 is 5.69 Å². The molecule has 0 unspecified atom stereocenters. The molecule has 0 atom stereocenters. The van der Waals surface area contributed by atoms with Crippen LogP contribution in [0.4, 0.5) is 14.5 Å². The molecule has 0 aliphatic rings. The van der Waals surface area contributed by atoms with E-state index in [-0.39, 0.29) is 17.2 Å². The highest BCUT2D eigenvalue weighted by Gasteiger charge is 2.16. The van der Waals surface area contributed by atoms with Gasteiger partial charge in [0.25, 0.3) is 0 Å². The van der Waals surface area contributed by atoms with E-state index in [0.29, 0.717) is 6.07 Å². The van der Waals surface area contributed by atoms with Crippen LogP contribution in [0.15, 0.2) is 42.5 Å². The van der Waals surface area contributed by atoms with E-state index in [4.69, 9.17) is 4.74 Å². The zero-order valence-corrected chi connectivity index (χ0v) is 8.97. The van der Waals surface area contributed by atoms with E-state index in [0.717, 1.165) is 12.1 Å². The van der Waals surface area contributed by atoms with Gasteiger partial charge in [-0.25, -0.2) is 8.78 Å². The van der Waals surface area contributed by atoms with E-state index in [1.165, 1.54) is 24.3 Å². The van der Waals surface area contributed by atoms with Crippen molar-refractivity contribution in [3.8, 4) is 11.5 Å². The maximum Gasteiger partial charge on any atom is 0.311 e. The molecule has 2 aromatic rings. The molecule has 0 aromatic heterocycles. The standard InChI is InChI=1S/C12H7F2NO3/c13-8-5-6-11(9(14)7-8)18-12-4-2-1-3-10(12)15(16)17/h1-7H. The van der Waals surface area contributed by atoms with Crippen LogP contribution in [0.1, 0.15) is 0 Å². The van der Waals surface area contributed by atoms with E-state index in [1.807, 2.05) is 0 Å². The van der Waals surface area contributed by atoms with E-state index in [9.17, 15) is 18.9 Å². The van der Waals surface area contributed by atoms with Crippen molar-refractivity contribution in [1.29, 1.82) is 0 Å². The molecular weight excluding hydrogens is 244 g/mol. The molecule has 0 fully saturated rings. The molecule has 0 bridgehead atoms. The van der Waals surface area contributed by atoms with Crippen LogP contribution in [0.5, 0.6) is 11.5 Å². The van der Waals surface area contributed by atoms with Crippen molar-refractivity contribution in [3.05, 3.63) is 64.2 Å². The molecule has 2 aromatic carbocycles. The van der Waals surface area contributed by atoms with Crippen LogP contribution in [0.25, 0.3) is 0 Å². The summed E-state index contributed by atoms with van der Waals surface area (Å²) in [7, 11) is 0. The second kappa shape index (κ2) is 4.79. The highest BCUT2D eigenvalue weighted by atomic mass is 19.1. The molecule has 2 rings (SSSR count). The van der Waals surface area contributed by atoms with Crippen molar-refractivity contribution in [2.24, 2.45) is 0 Å². The number of nitro benzene ring substituents is 1. The highest BCUT2D eigenvalue weighted by Crippen LogP contribution is 2.32. The molecule has 0 saturated carbocycles. The Hall–Kier alpha value is -2.50. The Morgan fingerprint density at radius 3 is 2.44 bits per heavy atom. The average molecular weight is 251 g/mol. The van der Waals surface area contributed by atoms with Gasteiger partial charge in [-0.3, -0.25) is 10.1 Å². The summed E-state index contributed by atoms with van der Waals surface area (Å²) < 4.78 is 31.1. The average Bonchev–Trinajstić information content (AvgIpc) is 2.33. The van der Waals surface area contributed by atoms with E-state index in [2.05, 4.69) is 0 Å². The number of nitro groups is 1. The molecule has 0 aliphatic carbocycles. The summed E-state index contributed by atoms with van der Waals surface area (Å²) in [5.74, 6) is -2.05. The molecule has 0 spiro atoms. The summed E-state index contributed by atoms with van der Waals surface area (Å²) in [6, 6.07) is 8.27. The van der Waals surface area contributed by atoms with Gasteiger partial charge in [0.15, 0.2) is 11.6 Å². The van der Waals surface area contributed by atoms with Gasteiger partial charge in [0.2, 0.25) is 5.75 Å². The first-order chi connectivity index (χ1) is 8.58. The molecule has 0 radical (unpaired) electrons. The van der Waals surface area contributed by atoms with Gasteiger partial charge in [-0.15, -0.1) is 0 Å². The van der Waals surface area contributed by atoms with E-state index in [1.54, 1.807) is 0 Å². The van der Waals surface area contributed by atoms with Gasteiger partial charge in [0, 0.05) is 12.1 Å². The second-order valence-corrected chi connectivity index (χ2v) is 3.40. The van der Waals surface area contributed by atoms with Gasteiger partial charge in [0.1, 0.15) is 5.82 Å². The summed E-state index contributed by atoms with van der Waals surface area (Å²) in [5, 5.41) is 10.7. The topological polar surface area (TPSA) is 52.4 Å². The molecule has 0 saturated heterocycles. The van der Waals surface area contributed by atoms with Crippen LogP contribution in [0.3, 0.4) is 0 Å². The first-order valence-corrected chi connectivity index (χ1v) is 4.94. The lowest BCUT2D eigenvalue weighted by Gasteiger charge is -2.06. The van der Waals surface area contributed by atoms with Crippen molar-refractivity contribution in [2.75, 3.05) is 0 Å². The highest BCUT2D eigenvalue weighted by molar-refractivity contribution is 5.48. The number of rotatable bonds is 3. The summed E-state index contributed by atoms with van der Waals surface area (Å²) in [6.07, 6.45) is 0. The Kier molecular flexibility index (Phi) is 3.18. The van der Waals surface area contributed by atoms with Crippen LogP contribution in [0.2, 0.25) is 0 Å². The second-order valence-electron chi connectivity index (χ2n) is 3.40. The third-order valence-corrected chi connectivity index (χ3v) is 2.18. The van der Waals surface area contributed by atoms with E-state index >= 15 is 0 Å². The van der Waals surface area contributed by atoms with Crippen LogP contribution < -0.4 is 4.74 Å². The summed E-state index contributed by atoms with van der Waals surface area (Å²) in [6.45, 7) is 0. The summed E-state index contributed by atoms with van der Waals surface area (Å²) in [5.41, 5.74) is -0.291. The van der Waals surface area contributed by atoms with Crippen LogP contribution in [-0.4, -0.2) is 4.92 Å². The Morgan fingerprint density at radius 1 is 1.06 bits per heavy atom. The van der Waals surface area contributed by atoms with Crippen LogP contribution in [-0.2, 0) is 0 Å². The van der Waals surface area contributed by atoms with Crippen molar-refractivity contribution in [1.82, 2.24) is 0 Å². The Labute approximate surface area is 101 Å². The van der Waals surface area contributed by atoms with Crippen molar-refractivity contribution in [2.45, 2.75) is 0 Å². The minimum absolute atomic E-state index is 0.104. The summed E-state index contributed by atoms with van der Waals surface area (Å²) in [4.78, 5) is 10.1. The maximum atomic E-state index is 13.3. The normalized spacial score (nSPS) is 10.1. The van der Waals surface area contributed by atoms with E-state index < -0.39 is 16.6 Å². The smallest absolute Gasteiger partial charge is 0.311 e. The van der Waals surface area contributed by atoms with Gasteiger partial charge in [-0.05, 0) is 18.2 Å². The number of benzene rings is 2. The molecule has 0 amide bonds. The number of hydrogen-bond donors (Lipinski definition) is 0. The van der Waals surface area contributed by atoms with Gasteiger partial charge in [0.05, 0.1) is 4.92 Å². The minimum atomic E-state index is -0.923. The quantitative estimate of drug-likeness (QED) is 0.617. The molecule has 18 heavy (non-hydrogen) atoms. The fraction of sp³-hybridized carbons (Fsp3) is 0. The molecule has 92 valence electrons. The molecule has 4 nitrogen and oxygen atoms in total. The predicted octanol–water partition coefficient (Wildman–Crippen LogP) is 3.67. The lowest BCUT2D eigenvalue weighted by molar-refractivity contribution is -0.385. The molecular formula is C12H7F2NO3. The fourth-order valence-electron chi connectivity index (χ4n) is 1.37. The Morgan fingerprint density at radius 2 is 1.78 bits per heavy atom. The number of hydrogen-bond acceptors (Lipinski definition) is 3. The molecule has 0 heterocycles. The fourth-order valence-corrected chi connectivity index (χ4v) is 1.37. The first-order valence-electron chi connectivity index (χ1n) is 4.94. The van der Waals surface area contributed by atoms with Crippen molar-refractivity contribution < 1.29 is 18.4 Å². The zero-order valence-electron chi connectivity index (χ0n) is 8.97.